The monoisotopic (exact) mass is 359 g/mol. The van der Waals surface area contributed by atoms with Gasteiger partial charge in [-0.2, -0.15) is 0 Å². The number of carbonyl (C=O) groups is 2. The number of hydrogen-bond donors (Lipinski definition) is 1. The van der Waals surface area contributed by atoms with Crippen LogP contribution >= 0.6 is 11.6 Å². The van der Waals surface area contributed by atoms with E-state index in [1.165, 1.54) is 0 Å². The Morgan fingerprint density at radius 2 is 1.72 bits per heavy atom. The molecule has 132 valence electrons. The fourth-order valence-electron chi connectivity index (χ4n) is 2.36. The molecule has 0 heterocycles. The average molecular weight is 360 g/mol. The van der Waals surface area contributed by atoms with Gasteiger partial charge in [-0.1, -0.05) is 43.6 Å². The molecule has 2 rings (SSSR count). The van der Waals surface area contributed by atoms with E-state index in [1.54, 1.807) is 31.2 Å². The van der Waals surface area contributed by atoms with Gasteiger partial charge in [0.15, 0.2) is 6.10 Å². The summed E-state index contributed by atoms with van der Waals surface area (Å²) in [5.74, 6) is -0.601. The van der Waals surface area contributed by atoms with Gasteiger partial charge in [-0.15, -0.1) is 0 Å². The molecule has 0 bridgehead atoms. The van der Waals surface area contributed by atoms with E-state index in [-0.39, 0.29) is 5.91 Å². The third-order valence-corrected chi connectivity index (χ3v) is 4.35. The minimum Gasteiger partial charge on any atom is -0.449 e. The highest BCUT2D eigenvalue weighted by atomic mass is 35.5. The van der Waals surface area contributed by atoms with Crippen LogP contribution in [0.15, 0.2) is 48.5 Å². The molecule has 0 aliphatic rings. The molecule has 1 amide bonds. The first-order chi connectivity index (χ1) is 11.9. The van der Waals surface area contributed by atoms with E-state index in [4.69, 9.17) is 16.3 Å². The van der Waals surface area contributed by atoms with Gasteiger partial charge in [0.25, 0.3) is 5.91 Å². The quantitative estimate of drug-likeness (QED) is 0.735. The van der Waals surface area contributed by atoms with Crippen LogP contribution in [-0.4, -0.2) is 18.0 Å². The number of para-hydroxylation sites is 1. The maximum atomic E-state index is 12.4. The van der Waals surface area contributed by atoms with E-state index in [1.807, 2.05) is 24.3 Å². The second-order valence-corrected chi connectivity index (χ2v) is 6.38. The Kier molecular flexibility index (Phi) is 6.59. The van der Waals surface area contributed by atoms with Crippen LogP contribution in [0.4, 0.5) is 5.69 Å². The first kappa shape index (κ1) is 19.0. The molecule has 4 nitrogen and oxygen atoms in total. The number of ether oxygens (including phenoxy) is 1. The van der Waals surface area contributed by atoms with Crippen molar-refractivity contribution >= 4 is 29.2 Å². The molecule has 2 aromatic carbocycles. The number of rotatable bonds is 6. The number of amides is 1. The van der Waals surface area contributed by atoms with Gasteiger partial charge in [0.2, 0.25) is 0 Å². The zero-order valence-electron chi connectivity index (χ0n) is 14.6. The Morgan fingerprint density at radius 3 is 2.36 bits per heavy atom. The second-order valence-electron chi connectivity index (χ2n) is 5.94. The molecular weight excluding hydrogens is 338 g/mol. The van der Waals surface area contributed by atoms with Crippen molar-refractivity contribution in [3.05, 3.63) is 64.7 Å². The Balaban J connectivity index is 2.03. The molecular formula is C20H22ClNO3. The summed E-state index contributed by atoms with van der Waals surface area (Å²) in [6, 6.07) is 14.0. The number of benzene rings is 2. The number of hydrogen-bond acceptors (Lipinski definition) is 3. The lowest BCUT2D eigenvalue weighted by atomic mass is 9.97. The summed E-state index contributed by atoms with van der Waals surface area (Å²) in [4.78, 5) is 24.5. The van der Waals surface area contributed by atoms with Crippen LogP contribution in [0.2, 0.25) is 5.02 Å². The Bertz CT molecular complexity index is 743. The van der Waals surface area contributed by atoms with E-state index in [0.29, 0.717) is 16.5 Å². The van der Waals surface area contributed by atoms with Gasteiger partial charge in [0, 0.05) is 10.7 Å². The van der Waals surface area contributed by atoms with Gasteiger partial charge in [-0.25, -0.2) is 4.79 Å². The highest BCUT2D eigenvalue weighted by molar-refractivity contribution is 6.30. The molecule has 0 aliphatic carbocycles. The van der Waals surface area contributed by atoms with Crippen LogP contribution in [0.3, 0.4) is 0 Å². The lowest BCUT2D eigenvalue weighted by Gasteiger charge is -2.18. The number of halogens is 1. The Labute approximate surface area is 153 Å². The van der Waals surface area contributed by atoms with E-state index >= 15 is 0 Å². The molecule has 2 aromatic rings. The highest BCUT2D eigenvalue weighted by Crippen LogP contribution is 2.26. The summed E-state index contributed by atoms with van der Waals surface area (Å²) in [5.41, 5.74) is 2.16. The van der Waals surface area contributed by atoms with Crippen LogP contribution < -0.4 is 5.32 Å². The van der Waals surface area contributed by atoms with Crippen molar-refractivity contribution in [2.75, 3.05) is 5.32 Å². The van der Waals surface area contributed by atoms with Crippen molar-refractivity contribution in [2.24, 2.45) is 0 Å². The smallest absolute Gasteiger partial charge is 0.338 e. The predicted molar refractivity (Wildman–Crippen MR) is 100 cm³/mol. The van der Waals surface area contributed by atoms with Crippen LogP contribution in [-0.2, 0) is 9.53 Å². The van der Waals surface area contributed by atoms with Gasteiger partial charge in [0.1, 0.15) is 0 Å². The van der Waals surface area contributed by atoms with Crippen molar-refractivity contribution < 1.29 is 14.3 Å². The summed E-state index contributed by atoms with van der Waals surface area (Å²) in [5, 5.41) is 3.39. The zero-order valence-corrected chi connectivity index (χ0v) is 15.3. The SMILES string of the molecule is CC[C@H](C)c1ccccc1NC(=O)[C@H](C)OC(=O)c1ccc(Cl)cc1. The van der Waals surface area contributed by atoms with Gasteiger partial charge >= 0.3 is 5.97 Å². The van der Waals surface area contributed by atoms with E-state index in [0.717, 1.165) is 17.7 Å². The Morgan fingerprint density at radius 1 is 1.08 bits per heavy atom. The summed E-state index contributed by atoms with van der Waals surface area (Å²) in [6.45, 7) is 5.75. The maximum absolute atomic E-state index is 12.4. The first-order valence-electron chi connectivity index (χ1n) is 8.28. The minimum absolute atomic E-state index is 0.323. The highest BCUT2D eigenvalue weighted by Gasteiger charge is 2.20. The number of nitrogens with one attached hydrogen (secondary N) is 1. The maximum Gasteiger partial charge on any atom is 0.338 e. The first-order valence-corrected chi connectivity index (χ1v) is 8.66. The standard InChI is InChI=1S/C20H22ClNO3/c1-4-13(2)17-7-5-6-8-18(17)22-19(23)14(3)25-20(24)15-9-11-16(21)12-10-15/h5-14H,4H2,1-3H3,(H,22,23)/t13-,14-/m0/s1. The third kappa shape index (κ3) is 5.07. The van der Waals surface area contributed by atoms with E-state index in [9.17, 15) is 9.59 Å². The van der Waals surface area contributed by atoms with Crippen LogP contribution in [0.25, 0.3) is 0 Å². The summed E-state index contributed by atoms with van der Waals surface area (Å²) in [7, 11) is 0. The molecule has 0 aromatic heterocycles. The number of esters is 1. The molecule has 0 radical (unpaired) electrons. The normalized spacial score (nSPS) is 13.0. The van der Waals surface area contributed by atoms with E-state index < -0.39 is 12.1 Å². The molecule has 5 heteroatoms. The van der Waals surface area contributed by atoms with Crippen LogP contribution in [0.5, 0.6) is 0 Å². The Hall–Kier alpha value is -2.33. The summed E-state index contributed by atoms with van der Waals surface area (Å²) >= 11 is 5.80. The van der Waals surface area contributed by atoms with Crippen LogP contribution in [0, 0.1) is 0 Å². The van der Waals surface area contributed by atoms with Crippen molar-refractivity contribution in [2.45, 2.75) is 39.2 Å². The zero-order chi connectivity index (χ0) is 18.4. The van der Waals surface area contributed by atoms with Gasteiger partial charge < -0.3 is 10.1 Å². The van der Waals surface area contributed by atoms with Crippen LogP contribution in [0.1, 0.15) is 49.0 Å². The van der Waals surface area contributed by atoms with Gasteiger partial charge in [-0.3, -0.25) is 4.79 Å². The summed E-state index contributed by atoms with van der Waals surface area (Å²) in [6.07, 6.45) is 0.0572. The lowest BCUT2D eigenvalue weighted by molar-refractivity contribution is -0.123. The summed E-state index contributed by atoms with van der Waals surface area (Å²) < 4.78 is 5.24. The molecule has 0 aliphatic heterocycles. The molecule has 2 atom stereocenters. The van der Waals surface area contributed by atoms with Gasteiger partial charge in [0.05, 0.1) is 5.56 Å². The molecule has 0 saturated heterocycles. The van der Waals surface area contributed by atoms with Crippen molar-refractivity contribution in [3.63, 3.8) is 0 Å². The topological polar surface area (TPSA) is 55.4 Å². The molecule has 1 N–H and O–H groups in total. The second kappa shape index (κ2) is 8.67. The number of anilines is 1. The fourth-order valence-corrected chi connectivity index (χ4v) is 2.49. The molecule has 0 saturated carbocycles. The number of carbonyl (C=O) groups excluding carboxylic acids is 2. The predicted octanol–water partition coefficient (Wildman–Crippen LogP) is 5.04. The molecule has 0 unspecified atom stereocenters. The van der Waals surface area contributed by atoms with Crippen molar-refractivity contribution in [1.82, 2.24) is 0 Å². The molecule has 25 heavy (non-hydrogen) atoms. The molecule has 0 fully saturated rings. The van der Waals surface area contributed by atoms with E-state index in [2.05, 4.69) is 19.2 Å². The third-order valence-electron chi connectivity index (χ3n) is 4.09. The van der Waals surface area contributed by atoms with Crippen molar-refractivity contribution in [1.29, 1.82) is 0 Å². The fraction of sp³-hybridized carbons (Fsp3) is 0.300. The lowest BCUT2D eigenvalue weighted by Crippen LogP contribution is -2.30. The molecule has 0 spiro atoms. The minimum atomic E-state index is -0.909. The van der Waals surface area contributed by atoms with Crippen molar-refractivity contribution in [3.8, 4) is 0 Å². The largest absolute Gasteiger partial charge is 0.449 e. The van der Waals surface area contributed by atoms with Gasteiger partial charge in [-0.05, 0) is 55.2 Å². The average Bonchev–Trinajstić information content (AvgIpc) is 2.61.